The van der Waals surface area contributed by atoms with E-state index in [1.54, 1.807) is 18.2 Å². The quantitative estimate of drug-likeness (QED) is 0.857. The second-order valence-corrected chi connectivity index (χ2v) is 4.54. The van der Waals surface area contributed by atoms with Gasteiger partial charge in [-0.05, 0) is 30.2 Å². The Balaban J connectivity index is 2.08. The summed E-state index contributed by atoms with van der Waals surface area (Å²) in [5.74, 6) is 0.389. The zero-order valence-electron chi connectivity index (χ0n) is 12.0. The molecule has 4 nitrogen and oxygen atoms in total. The standard InChI is InChI=1S/C17H19NO3/c1-2-21-16-10-6-5-9-15(16)17(20)18-11-13-7-3-4-8-14(13)12-19/h3-10,19H,2,11-12H2,1H3,(H,18,20). The summed E-state index contributed by atoms with van der Waals surface area (Å²) in [5, 5.41) is 12.1. The summed E-state index contributed by atoms with van der Waals surface area (Å²) >= 11 is 0. The fourth-order valence-electron chi connectivity index (χ4n) is 2.09. The van der Waals surface area contributed by atoms with Gasteiger partial charge in [0.1, 0.15) is 5.75 Å². The summed E-state index contributed by atoms with van der Waals surface area (Å²) < 4.78 is 5.45. The van der Waals surface area contributed by atoms with Gasteiger partial charge >= 0.3 is 0 Å². The number of hydrogen-bond acceptors (Lipinski definition) is 3. The van der Waals surface area contributed by atoms with Gasteiger partial charge in [0, 0.05) is 6.54 Å². The first-order valence-corrected chi connectivity index (χ1v) is 6.94. The number of aliphatic hydroxyl groups is 1. The Morgan fingerprint density at radius 3 is 2.48 bits per heavy atom. The lowest BCUT2D eigenvalue weighted by molar-refractivity contribution is 0.0947. The van der Waals surface area contributed by atoms with Crippen LogP contribution in [0.2, 0.25) is 0 Å². The molecule has 0 aliphatic rings. The SMILES string of the molecule is CCOc1ccccc1C(=O)NCc1ccccc1CO. The Kier molecular flexibility index (Phi) is 5.35. The first-order valence-electron chi connectivity index (χ1n) is 6.94. The molecule has 2 N–H and O–H groups in total. The number of rotatable bonds is 6. The van der Waals surface area contributed by atoms with Gasteiger partial charge in [0.2, 0.25) is 0 Å². The summed E-state index contributed by atoms with van der Waals surface area (Å²) in [6, 6.07) is 14.6. The van der Waals surface area contributed by atoms with Crippen LogP contribution in [0.4, 0.5) is 0 Å². The smallest absolute Gasteiger partial charge is 0.255 e. The molecule has 0 saturated carbocycles. The van der Waals surface area contributed by atoms with Crippen molar-refractivity contribution < 1.29 is 14.6 Å². The van der Waals surface area contributed by atoms with Crippen LogP contribution in [0.5, 0.6) is 5.75 Å². The summed E-state index contributed by atoms with van der Waals surface area (Å²) in [7, 11) is 0. The topological polar surface area (TPSA) is 58.6 Å². The number of hydrogen-bond donors (Lipinski definition) is 2. The van der Waals surface area contributed by atoms with Crippen LogP contribution in [0.3, 0.4) is 0 Å². The molecule has 1 amide bonds. The van der Waals surface area contributed by atoms with Crippen molar-refractivity contribution in [2.75, 3.05) is 6.61 Å². The van der Waals surface area contributed by atoms with Crippen molar-refractivity contribution in [2.45, 2.75) is 20.1 Å². The van der Waals surface area contributed by atoms with Crippen LogP contribution in [0, 0.1) is 0 Å². The number of para-hydroxylation sites is 1. The van der Waals surface area contributed by atoms with Crippen LogP contribution in [-0.2, 0) is 13.2 Å². The highest BCUT2D eigenvalue weighted by atomic mass is 16.5. The zero-order chi connectivity index (χ0) is 15.1. The highest BCUT2D eigenvalue weighted by molar-refractivity contribution is 5.96. The van der Waals surface area contributed by atoms with E-state index in [0.29, 0.717) is 24.5 Å². The molecule has 0 fully saturated rings. The molecule has 4 heteroatoms. The maximum atomic E-state index is 12.3. The first-order chi connectivity index (χ1) is 10.3. The molecular formula is C17H19NO3. The van der Waals surface area contributed by atoms with E-state index in [1.165, 1.54) is 0 Å². The Morgan fingerprint density at radius 1 is 1.10 bits per heavy atom. The van der Waals surface area contributed by atoms with Gasteiger partial charge in [-0.2, -0.15) is 0 Å². The van der Waals surface area contributed by atoms with Gasteiger partial charge in [0.15, 0.2) is 0 Å². The average Bonchev–Trinajstić information content (AvgIpc) is 2.53. The fourth-order valence-corrected chi connectivity index (χ4v) is 2.09. The number of benzene rings is 2. The number of nitrogens with one attached hydrogen (secondary N) is 1. The lowest BCUT2D eigenvalue weighted by Gasteiger charge is -2.12. The molecule has 0 saturated heterocycles. The molecule has 0 aliphatic carbocycles. The van der Waals surface area contributed by atoms with Crippen LogP contribution in [-0.4, -0.2) is 17.6 Å². The summed E-state index contributed by atoms with van der Waals surface area (Å²) in [5.41, 5.74) is 2.24. The zero-order valence-corrected chi connectivity index (χ0v) is 12.0. The molecule has 2 aromatic rings. The van der Waals surface area contributed by atoms with E-state index in [2.05, 4.69) is 5.32 Å². The Bertz CT molecular complexity index is 610. The van der Waals surface area contributed by atoms with Crippen molar-refractivity contribution in [1.29, 1.82) is 0 Å². The lowest BCUT2D eigenvalue weighted by atomic mass is 10.1. The van der Waals surface area contributed by atoms with Gasteiger partial charge in [-0.3, -0.25) is 4.79 Å². The molecule has 0 atom stereocenters. The Morgan fingerprint density at radius 2 is 1.76 bits per heavy atom. The number of ether oxygens (including phenoxy) is 1. The molecule has 110 valence electrons. The van der Waals surface area contributed by atoms with Gasteiger partial charge in [-0.25, -0.2) is 0 Å². The Labute approximate surface area is 124 Å². The van der Waals surface area contributed by atoms with E-state index in [-0.39, 0.29) is 12.5 Å². The maximum Gasteiger partial charge on any atom is 0.255 e. The minimum Gasteiger partial charge on any atom is -0.493 e. The van der Waals surface area contributed by atoms with Gasteiger partial charge < -0.3 is 15.2 Å². The summed E-state index contributed by atoms with van der Waals surface area (Å²) in [6.07, 6.45) is 0. The van der Waals surface area contributed by atoms with Crippen LogP contribution in [0.25, 0.3) is 0 Å². The minimum absolute atomic E-state index is 0.0401. The van der Waals surface area contributed by atoms with Crippen LogP contribution < -0.4 is 10.1 Å². The van der Waals surface area contributed by atoms with E-state index in [0.717, 1.165) is 11.1 Å². The average molecular weight is 285 g/mol. The first kappa shape index (κ1) is 15.1. The molecule has 2 rings (SSSR count). The fraction of sp³-hybridized carbons (Fsp3) is 0.235. The third kappa shape index (κ3) is 3.83. The van der Waals surface area contributed by atoms with E-state index < -0.39 is 0 Å². The molecule has 0 aromatic heterocycles. The van der Waals surface area contributed by atoms with Gasteiger partial charge in [-0.15, -0.1) is 0 Å². The van der Waals surface area contributed by atoms with Crippen LogP contribution in [0.1, 0.15) is 28.4 Å². The highest BCUT2D eigenvalue weighted by Crippen LogP contribution is 2.18. The van der Waals surface area contributed by atoms with Crippen LogP contribution in [0.15, 0.2) is 48.5 Å². The number of amides is 1. The van der Waals surface area contributed by atoms with E-state index in [9.17, 15) is 9.90 Å². The third-order valence-corrected chi connectivity index (χ3v) is 3.16. The Hall–Kier alpha value is -2.33. The predicted molar refractivity (Wildman–Crippen MR) is 81.1 cm³/mol. The van der Waals surface area contributed by atoms with Crippen molar-refractivity contribution in [3.63, 3.8) is 0 Å². The van der Waals surface area contributed by atoms with Crippen molar-refractivity contribution in [3.8, 4) is 5.75 Å². The van der Waals surface area contributed by atoms with Crippen molar-refractivity contribution in [1.82, 2.24) is 5.32 Å². The van der Waals surface area contributed by atoms with Crippen molar-refractivity contribution in [2.24, 2.45) is 0 Å². The maximum absolute atomic E-state index is 12.3. The lowest BCUT2D eigenvalue weighted by Crippen LogP contribution is -2.24. The van der Waals surface area contributed by atoms with Crippen LogP contribution >= 0.6 is 0 Å². The van der Waals surface area contributed by atoms with Gasteiger partial charge in [-0.1, -0.05) is 36.4 Å². The van der Waals surface area contributed by atoms with Crippen molar-refractivity contribution >= 4 is 5.91 Å². The highest BCUT2D eigenvalue weighted by Gasteiger charge is 2.12. The van der Waals surface area contributed by atoms with E-state index >= 15 is 0 Å². The molecular weight excluding hydrogens is 266 g/mol. The molecule has 0 aliphatic heterocycles. The molecule has 2 aromatic carbocycles. The van der Waals surface area contributed by atoms with Gasteiger partial charge in [0.25, 0.3) is 5.91 Å². The second-order valence-electron chi connectivity index (χ2n) is 4.54. The largest absolute Gasteiger partial charge is 0.493 e. The monoisotopic (exact) mass is 285 g/mol. The molecule has 0 unspecified atom stereocenters. The molecule has 0 bridgehead atoms. The van der Waals surface area contributed by atoms with Gasteiger partial charge in [0.05, 0.1) is 18.8 Å². The third-order valence-electron chi connectivity index (χ3n) is 3.16. The minimum atomic E-state index is -0.188. The second kappa shape index (κ2) is 7.45. The normalized spacial score (nSPS) is 10.2. The molecule has 21 heavy (non-hydrogen) atoms. The van der Waals surface area contributed by atoms with E-state index in [1.807, 2.05) is 37.3 Å². The molecule has 0 spiro atoms. The number of aliphatic hydroxyl groups excluding tert-OH is 1. The predicted octanol–water partition coefficient (Wildman–Crippen LogP) is 2.51. The number of carbonyl (C=O) groups is 1. The van der Waals surface area contributed by atoms with E-state index in [4.69, 9.17) is 4.74 Å². The summed E-state index contributed by atoms with van der Waals surface area (Å²) in [6.45, 7) is 2.72. The number of carbonyl (C=O) groups excluding carboxylic acids is 1. The molecule has 0 radical (unpaired) electrons. The summed E-state index contributed by atoms with van der Waals surface area (Å²) in [4.78, 5) is 12.3. The van der Waals surface area contributed by atoms with Crippen molar-refractivity contribution in [3.05, 3.63) is 65.2 Å². The molecule has 0 heterocycles.